The van der Waals surface area contributed by atoms with Crippen LogP contribution in [0.1, 0.15) is 16.7 Å². The summed E-state index contributed by atoms with van der Waals surface area (Å²) < 4.78 is 20.2. The van der Waals surface area contributed by atoms with Crippen molar-refractivity contribution in [1.82, 2.24) is 0 Å². The summed E-state index contributed by atoms with van der Waals surface area (Å²) in [6.07, 6.45) is 0. The second-order valence-corrected chi connectivity index (χ2v) is 6.81. The average Bonchev–Trinajstić information content (AvgIpc) is 2.60. The van der Waals surface area contributed by atoms with Gasteiger partial charge in [0.15, 0.2) is 0 Å². The first-order valence-corrected chi connectivity index (χ1v) is 8.86. The Morgan fingerprint density at radius 2 is 1.80 bits per heavy atom. The molecular weight excluding hydrogens is 381 g/mol. The number of rotatable bonds is 6. The molecule has 3 aromatic rings. The third-order valence-corrected chi connectivity index (χ3v) is 4.33. The zero-order valence-electron chi connectivity index (χ0n) is 13.9. The number of benzene rings is 3. The van der Waals surface area contributed by atoms with Gasteiger partial charge < -0.3 is 10.1 Å². The standard InChI is InChI=1S/C21H19BrFNO/c1-15-5-8-20(9-6-15)24-13-17-12-18(22)7-10-21(17)25-14-16-3-2-4-19(23)11-16/h2-12,24H,13-14H2,1H3. The SMILES string of the molecule is Cc1ccc(NCc2cc(Br)ccc2OCc2cccc(F)c2)cc1. The molecule has 3 aromatic carbocycles. The van der Waals surface area contributed by atoms with Gasteiger partial charge in [0.1, 0.15) is 18.2 Å². The Balaban J connectivity index is 1.70. The van der Waals surface area contributed by atoms with E-state index in [1.807, 2.05) is 24.3 Å². The van der Waals surface area contributed by atoms with Gasteiger partial charge in [-0.3, -0.25) is 0 Å². The van der Waals surface area contributed by atoms with Crippen molar-refractivity contribution in [3.63, 3.8) is 0 Å². The average molecular weight is 400 g/mol. The molecule has 0 atom stereocenters. The summed E-state index contributed by atoms with van der Waals surface area (Å²) in [4.78, 5) is 0. The first-order valence-electron chi connectivity index (χ1n) is 8.06. The third kappa shape index (κ3) is 5.07. The lowest BCUT2D eigenvalue weighted by Gasteiger charge is -2.14. The quantitative estimate of drug-likeness (QED) is 0.541. The van der Waals surface area contributed by atoms with Crippen molar-refractivity contribution in [3.8, 4) is 5.75 Å². The molecule has 0 heterocycles. The highest BCUT2D eigenvalue weighted by molar-refractivity contribution is 9.10. The Morgan fingerprint density at radius 3 is 2.56 bits per heavy atom. The van der Waals surface area contributed by atoms with E-state index in [2.05, 4.69) is 52.4 Å². The predicted molar refractivity (Wildman–Crippen MR) is 103 cm³/mol. The second-order valence-electron chi connectivity index (χ2n) is 5.89. The van der Waals surface area contributed by atoms with Gasteiger partial charge in [-0.05, 0) is 55.0 Å². The minimum absolute atomic E-state index is 0.252. The molecule has 0 saturated heterocycles. The molecule has 3 rings (SSSR count). The van der Waals surface area contributed by atoms with E-state index < -0.39 is 0 Å². The fourth-order valence-electron chi connectivity index (χ4n) is 2.48. The lowest BCUT2D eigenvalue weighted by atomic mass is 10.1. The minimum Gasteiger partial charge on any atom is -0.489 e. The predicted octanol–water partition coefficient (Wildman–Crippen LogP) is 6.09. The smallest absolute Gasteiger partial charge is 0.124 e. The van der Waals surface area contributed by atoms with E-state index >= 15 is 0 Å². The summed E-state index contributed by atoms with van der Waals surface area (Å²) in [6.45, 7) is 3.04. The Hall–Kier alpha value is -2.33. The van der Waals surface area contributed by atoms with Crippen LogP contribution < -0.4 is 10.1 Å². The number of nitrogens with one attached hydrogen (secondary N) is 1. The van der Waals surface area contributed by atoms with E-state index in [-0.39, 0.29) is 5.82 Å². The van der Waals surface area contributed by atoms with Crippen LogP contribution in [0.25, 0.3) is 0 Å². The number of anilines is 1. The van der Waals surface area contributed by atoms with E-state index in [1.165, 1.54) is 17.7 Å². The molecule has 0 bridgehead atoms. The maximum Gasteiger partial charge on any atom is 0.124 e. The summed E-state index contributed by atoms with van der Waals surface area (Å²) in [6, 6.07) is 20.6. The fraction of sp³-hybridized carbons (Fsp3) is 0.143. The van der Waals surface area contributed by atoms with Crippen molar-refractivity contribution >= 4 is 21.6 Å². The topological polar surface area (TPSA) is 21.3 Å². The van der Waals surface area contributed by atoms with Crippen molar-refractivity contribution in [2.24, 2.45) is 0 Å². The summed E-state index contributed by atoms with van der Waals surface area (Å²) >= 11 is 3.50. The Morgan fingerprint density at radius 1 is 1.00 bits per heavy atom. The van der Waals surface area contributed by atoms with Crippen LogP contribution in [-0.4, -0.2) is 0 Å². The number of hydrogen-bond acceptors (Lipinski definition) is 2. The van der Waals surface area contributed by atoms with Gasteiger partial charge in [0.25, 0.3) is 0 Å². The largest absolute Gasteiger partial charge is 0.489 e. The number of hydrogen-bond donors (Lipinski definition) is 1. The van der Waals surface area contributed by atoms with E-state index in [0.717, 1.165) is 27.0 Å². The van der Waals surface area contributed by atoms with Gasteiger partial charge in [0.2, 0.25) is 0 Å². The van der Waals surface area contributed by atoms with E-state index in [1.54, 1.807) is 6.07 Å². The summed E-state index contributed by atoms with van der Waals surface area (Å²) in [5.74, 6) is 0.533. The van der Waals surface area contributed by atoms with Crippen molar-refractivity contribution in [2.75, 3.05) is 5.32 Å². The molecule has 0 aromatic heterocycles. The molecular formula is C21H19BrFNO. The highest BCUT2D eigenvalue weighted by atomic mass is 79.9. The molecule has 0 radical (unpaired) electrons. The normalized spacial score (nSPS) is 10.5. The molecule has 128 valence electrons. The monoisotopic (exact) mass is 399 g/mol. The van der Waals surface area contributed by atoms with Gasteiger partial charge in [-0.2, -0.15) is 0 Å². The highest BCUT2D eigenvalue weighted by Crippen LogP contribution is 2.25. The molecule has 1 N–H and O–H groups in total. The van der Waals surface area contributed by atoms with Crippen molar-refractivity contribution < 1.29 is 9.13 Å². The molecule has 2 nitrogen and oxygen atoms in total. The van der Waals surface area contributed by atoms with Crippen LogP contribution in [-0.2, 0) is 13.2 Å². The van der Waals surface area contributed by atoms with Crippen LogP contribution in [0, 0.1) is 12.7 Å². The summed E-state index contributed by atoms with van der Waals surface area (Å²) in [5, 5.41) is 3.40. The second kappa shape index (κ2) is 8.17. The first kappa shape index (κ1) is 17.5. The first-order chi connectivity index (χ1) is 12.1. The molecule has 0 spiro atoms. The molecule has 0 saturated carbocycles. The van der Waals surface area contributed by atoms with E-state index in [0.29, 0.717) is 13.2 Å². The zero-order valence-corrected chi connectivity index (χ0v) is 15.5. The minimum atomic E-state index is -0.252. The van der Waals surface area contributed by atoms with Crippen LogP contribution >= 0.6 is 15.9 Å². The molecule has 0 fully saturated rings. The van der Waals surface area contributed by atoms with Gasteiger partial charge in [-0.25, -0.2) is 4.39 Å². The Bertz CT molecular complexity index is 849. The van der Waals surface area contributed by atoms with Gasteiger partial charge in [-0.15, -0.1) is 0 Å². The molecule has 0 unspecified atom stereocenters. The zero-order chi connectivity index (χ0) is 17.6. The van der Waals surface area contributed by atoms with Gasteiger partial charge in [-0.1, -0.05) is 45.8 Å². The van der Waals surface area contributed by atoms with Gasteiger partial charge in [0.05, 0.1) is 0 Å². The lowest BCUT2D eigenvalue weighted by molar-refractivity contribution is 0.302. The van der Waals surface area contributed by atoms with E-state index in [9.17, 15) is 4.39 Å². The highest BCUT2D eigenvalue weighted by Gasteiger charge is 2.06. The third-order valence-electron chi connectivity index (χ3n) is 3.84. The molecule has 4 heteroatoms. The Labute approximate surface area is 155 Å². The molecule has 0 aliphatic rings. The fourth-order valence-corrected chi connectivity index (χ4v) is 2.89. The van der Waals surface area contributed by atoms with Gasteiger partial charge >= 0.3 is 0 Å². The van der Waals surface area contributed by atoms with Crippen molar-refractivity contribution in [2.45, 2.75) is 20.1 Å². The maximum atomic E-state index is 13.3. The van der Waals surface area contributed by atoms with Gasteiger partial charge in [0, 0.05) is 22.3 Å². The van der Waals surface area contributed by atoms with Crippen LogP contribution in [0.5, 0.6) is 5.75 Å². The summed E-state index contributed by atoms with van der Waals surface area (Å²) in [5.41, 5.74) is 4.13. The maximum absolute atomic E-state index is 13.3. The lowest BCUT2D eigenvalue weighted by Crippen LogP contribution is -2.04. The van der Waals surface area contributed by atoms with Crippen molar-refractivity contribution in [1.29, 1.82) is 0 Å². The van der Waals surface area contributed by atoms with Crippen LogP contribution in [0.15, 0.2) is 71.2 Å². The van der Waals surface area contributed by atoms with Crippen LogP contribution in [0.2, 0.25) is 0 Å². The number of aryl methyl sites for hydroxylation is 1. The van der Waals surface area contributed by atoms with E-state index in [4.69, 9.17) is 4.74 Å². The molecule has 0 aliphatic heterocycles. The molecule has 25 heavy (non-hydrogen) atoms. The molecule has 0 amide bonds. The van der Waals surface area contributed by atoms with Crippen LogP contribution in [0.3, 0.4) is 0 Å². The van der Waals surface area contributed by atoms with Crippen molar-refractivity contribution in [3.05, 3.63) is 93.7 Å². The molecule has 0 aliphatic carbocycles. The Kier molecular flexibility index (Phi) is 5.71. The summed E-state index contributed by atoms with van der Waals surface area (Å²) in [7, 11) is 0. The number of halogens is 2. The van der Waals surface area contributed by atoms with Crippen LogP contribution in [0.4, 0.5) is 10.1 Å². The number of ether oxygens (including phenoxy) is 1.